The van der Waals surface area contributed by atoms with Gasteiger partial charge in [0.2, 0.25) is 5.82 Å². The van der Waals surface area contributed by atoms with Crippen LogP contribution < -0.4 is 5.73 Å². The van der Waals surface area contributed by atoms with Gasteiger partial charge >= 0.3 is 0 Å². The van der Waals surface area contributed by atoms with E-state index in [0.717, 1.165) is 11.1 Å². The molecule has 2 aromatic heterocycles. The van der Waals surface area contributed by atoms with Crippen LogP contribution in [-0.4, -0.2) is 16.0 Å². The predicted molar refractivity (Wildman–Crippen MR) is 98.3 cm³/mol. The van der Waals surface area contributed by atoms with E-state index in [4.69, 9.17) is 15.1 Å². The summed E-state index contributed by atoms with van der Waals surface area (Å²) in [6.07, 6.45) is 0. The number of aromatic nitrogens is 2. The lowest BCUT2D eigenvalue weighted by molar-refractivity contribution is 0.122. The molecule has 25 heavy (non-hydrogen) atoms. The van der Waals surface area contributed by atoms with Crippen molar-refractivity contribution in [2.24, 2.45) is 10.9 Å². The molecule has 0 atom stereocenters. The van der Waals surface area contributed by atoms with E-state index in [1.54, 1.807) is 11.3 Å². The maximum absolute atomic E-state index is 5.96. The van der Waals surface area contributed by atoms with Crippen molar-refractivity contribution < 1.29 is 9.36 Å². The molecule has 0 spiro atoms. The summed E-state index contributed by atoms with van der Waals surface area (Å²) >= 11 is 1.57. The van der Waals surface area contributed by atoms with Gasteiger partial charge in [-0.05, 0) is 22.4 Å². The van der Waals surface area contributed by atoms with E-state index in [0.29, 0.717) is 17.6 Å². The van der Waals surface area contributed by atoms with Crippen LogP contribution in [0, 0.1) is 0 Å². The van der Waals surface area contributed by atoms with Crippen molar-refractivity contribution in [2.75, 3.05) is 0 Å². The van der Waals surface area contributed by atoms with Crippen LogP contribution in [0.2, 0.25) is 0 Å². The van der Waals surface area contributed by atoms with Gasteiger partial charge in [-0.2, -0.15) is 16.3 Å². The van der Waals surface area contributed by atoms with Crippen molar-refractivity contribution in [3.63, 3.8) is 0 Å². The number of amidine groups is 1. The lowest BCUT2D eigenvalue weighted by Crippen LogP contribution is -2.15. The Balaban J connectivity index is 1.60. The fraction of sp³-hybridized carbons (Fsp3) is 0.278. The van der Waals surface area contributed by atoms with Gasteiger partial charge in [-0.15, -0.1) is 0 Å². The summed E-state index contributed by atoms with van der Waals surface area (Å²) in [5, 5.41) is 11.7. The lowest BCUT2D eigenvalue weighted by atomic mass is 9.87. The van der Waals surface area contributed by atoms with Gasteiger partial charge in [-0.1, -0.05) is 55.3 Å². The van der Waals surface area contributed by atoms with Crippen LogP contribution in [0.25, 0.3) is 11.5 Å². The average Bonchev–Trinajstić information content (AvgIpc) is 3.25. The zero-order chi connectivity index (χ0) is 17.9. The zero-order valence-electron chi connectivity index (χ0n) is 14.4. The Kier molecular flexibility index (Phi) is 4.85. The van der Waals surface area contributed by atoms with E-state index in [1.807, 2.05) is 41.1 Å². The molecule has 7 heteroatoms. The number of benzene rings is 1. The number of nitrogens with two attached hydrogens (primary N) is 1. The molecule has 0 amide bonds. The van der Waals surface area contributed by atoms with E-state index in [1.165, 1.54) is 5.56 Å². The topological polar surface area (TPSA) is 86.5 Å². The van der Waals surface area contributed by atoms with Crippen molar-refractivity contribution >= 4 is 17.2 Å². The van der Waals surface area contributed by atoms with Gasteiger partial charge < -0.3 is 15.1 Å². The molecular weight excluding hydrogens is 336 g/mol. The molecule has 130 valence electrons. The Labute approximate surface area is 150 Å². The maximum Gasteiger partial charge on any atom is 0.258 e. The predicted octanol–water partition coefficient (Wildman–Crippen LogP) is 3.93. The summed E-state index contributed by atoms with van der Waals surface area (Å²) in [5.74, 6) is 1.19. The van der Waals surface area contributed by atoms with Crippen molar-refractivity contribution in [3.8, 4) is 11.5 Å². The Hall–Kier alpha value is -2.67. The minimum atomic E-state index is 0.0917. The first kappa shape index (κ1) is 17.2. The second-order valence-corrected chi connectivity index (χ2v) is 7.39. The fourth-order valence-electron chi connectivity index (χ4n) is 2.17. The van der Waals surface area contributed by atoms with Crippen LogP contribution >= 0.6 is 11.3 Å². The molecule has 0 aliphatic rings. The molecule has 0 bridgehead atoms. The van der Waals surface area contributed by atoms with E-state index in [2.05, 4.69) is 36.1 Å². The maximum atomic E-state index is 5.96. The van der Waals surface area contributed by atoms with E-state index in [-0.39, 0.29) is 12.0 Å². The smallest absolute Gasteiger partial charge is 0.258 e. The summed E-state index contributed by atoms with van der Waals surface area (Å²) < 4.78 is 5.18. The van der Waals surface area contributed by atoms with Crippen molar-refractivity contribution in [1.82, 2.24) is 10.1 Å². The number of nitrogens with zero attached hydrogens (tertiary/aromatic N) is 3. The lowest BCUT2D eigenvalue weighted by Gasteiger charge is -2.18. The summed E-state index contributed by atoms with van der Waals surface area (Å²) in [5.41, 5.74) is 8.99. The third-order valence-electron chi connectivity index (χ3n) is 3.64. The first-order valence-corrected chi connectivity index (χ1v) is 8.79. The third kappa shape index (κ3) is 4.24. The van der Waals surface area contributed by atoms with Crippen LogP contribution in [0.4, 0.5) is 0 Å². The largest absolute Gasteiger partial charge is 0.386 e. The van der Waals surface area contributed by atoms with E-state index >= 15 is 0 Å². The number of hydrogen-bond donors (Lipinski definition) is 1. The highest BCUT2D eigenvalue weighted by molar-refractivity contribution is 7.08. The summed E-state index contributed by atoms with van der Waals surface area (Å²) in [6, 6.07) is 9.88. The van der Waals surface area contributed by atoms with Crippen LogP contribution in [0.15, 0.2) is 50.8 Å². The van der Waals surface area contributed by atoms with Gasteiger partial charge in [0.25, 0.3) is 5.89 Å². The highest BCUT2D eigenvalue weighted by Gasteiger charge is 2.13. The zero-order valence-corrected chi connectivity index (χ0v) is 15.2. The molecule has 0 saturated heterocycles. The minimum absolute atomic E-state index is 0.0917. The molecule has 0 radical (unpaired) electrons. The number of oxime groups is 1. The van der Waals surface area contributed by atoms with Gasteiger partial charge in [-0.3, -0.25) is 0 Å². The number of thiophene rings is 1. The molecule has 0 aliphatic carbocycles. The van der Waals surface area contributed by atoms with Crippen molar-refractivity contribution in [3.05, 3.63) is 58.0 Å². The molecule has 0 saturated carbocycles. The fourth-order valence-corrected chi connectivity index (χ4v) is 2.80. The van der Waals surface area contributed by atoms with Crippen LogP contribution in [0.5, 0.6) is 0 Å². The van der Waals surface area contributed by atoms with Gasteiger partial charge in [0, 0.05) is 10.9 Å². The molecule has 2 N–H and O–H groups in total. The first-order valence-electron chi connectivity index (χ1n) is 7.85. The molecule has 0 aliphatic heterocycles. The molecule has 2 heterocycles. The Morgan fingerprint density at radius 2 is 2.00 bits per heavy atom. The summed E-state index contributed by atoms with van der Waals surface area (Å²) in [7, 11) is 0. The highest BCUT2D eigenvalue weighted by Crippen LogP contribution is 2.22. The van der Waals surface area contributed by atoms with E-state index < -0.39 is 0 Å². The number of rotatable bonds is 5. The second kappa shape index (κ2) is 7.06. The molecule has 0 unspecified atom stereocenters. The third-order valence-corrected chi connectivity index (χ3v) is 4.32. The van der Waals surface area contributed by atoms with E-state index in [9.17, 15) is 0 Å². The molecular formula is C18H20N4O2S. The number of hydrogen-bond acceptors (Lipinski definition) is 6. The van der Waals surface area contributed by atoms with Crippen LogP contribution in [0.3, 0.4) is 0 Å². The van der Waals surface area contributed by atoms with Gasteiger partial charge in [-0.25, -0.2) is 0 Å². The Morgan fingerprint density at radius 3 is 2.64 bits per heavy atom. The van der Waals surface area contributed by atoms with Crippen molar-refractivity contribution in [2.45, 2.75) is 32.8 Å². The van der Waals surface area contributed by atoms with Gasteiger partial charge in [0.05, 0.1) is 5.56 Å². The van der Waals surface area contributed by atoms with Gasteiger partial charge in [0.15, 0.2) is 12.4 Å². The Bertz CT molecular complexity index is 846. The monoisotopic (exact) mass is 356 g/mol. The minimum Gasteiger partial charge on any atom is -0.386 e. The summed E-state index contributed by atoms with van der Waals surface area (Å²) in [4.78, 5) is 9.50. The average molecular weight is 356 g/mol. The first-order chi connectivity index (χ1) is 11.9. The molecule has 0 fully saturated rings. The second-order valence-electron chi connectivity index (χ2n) is 6.61. The SMILES string of the molecule is CC(C)(C)c1ccc(/C(N)=N\OCc2noc(-c3ccsc3)n2)cc1. The van der Waals surface area contributed by atoms with Crippen molar-refractivity contribution in [1.29, 1.82) is 0 Å². The standard InChI is InChI=1S/C18H20N4O2S/c1-18(2,3)14-6-4-12(5-7-14)16(19)22-23-10-15-20-17(24-21-15)13-8-9-25-11-13/h4-9,11H,10H2,1-3H3,(H2,19,22). The normalized spacial score (nSPS) is 12.4. The van der Waals surface area contributed by atoms with Gasteiger partial charge in [0.1, 0.15) is 0 Å². The molecule has 3 rings (SSSR count). The quantitative estimate of drug-likeness (QED) is 0.425. The Morgan fingerprint density at radius 1 is 1.24 bits per heavy atom. The van der Waals surface area contributed by atoms with Crippen LogP contribution in [-0.2, 0) is 16.9 Å². The van der Waals surface area contributed by atoms with Crippen LogP contribution in [0.1, 0.15) is 37.7 Å². The molecule has 3 aromatic rings. The molecule has 1 aromatic carbocycles. The molecule has 6 nitrogen and oxygen atoms in total. The summed E-state index contributed by atoms with van der Waals surface area (Å²) in [6.45, 7) is 6.59. The highest BCUT2D eigenvalue weighted by atomic mass is 32.1.